The summed E-state index contributed by atoms with van der Waals surface area (Å²) in [6.07, 6.45) is 3.53. The maximum Gasteiger partial charge on any atom is 0.407 e. The summed E-state index contributed by atoms with van der Waals surface area (Å²) in [4.78, 5) is 21.9. The smallest absolute Gasteiger partial charge is 0.407 e. The monoisotopic (exact) mass is 395 g/mol. The van der Waals surface area contributed by atoms with Crippen molar-refractivity contribution >= 4 is 28.7 Å². The number of aromatic nitrogens is 2. The lowest BCUT2D eigenvalue weighted by Gasteiger charge is -2.48. The molecule has 1 N–H and O–H groups in total. The second-order valence-electron chi connectivity index (χ2n) is 9.24. The Morgan fingerprint density at radius 3 is 2.30 bits per heavy atom. The molecule has 152 valence electrons. The maximum atomic E-state index is 11.2. The van der Waals surface area contributed by atoms with Gasteiger partial charge in [0.25, 0.3) is 0 Å². The van der Waals surface area contributed by atoms with Crippen LogP contribution in [-0.2, 0) is 0 Å². The zero-order chi connectivity index (χ0) is 19.8. The minimum Gasteiger partial charge on any atom is -0.465 e. The van der Waals surface area contributed by atoms with Crippen molar-refractivity contribution in [1.29, 1.82) is 0 Å². The zero-order valence-corrected chi connectivity index (χ0v) is 18.0. The second-order valence-corrected chi connectivity index (χ2v) is 9.97. The van der Waals surface area contributed by atoms with Gasteiger partial charge in [-0.3, -0.25) is 0 Å². The molecule has 3 heterocycles. The molecular formula is C19H33N5O2S. The topological polar surface area (TPSA) is 72.8 Å². The lowest BCUT2D eigenvalue weighted by molar-refractivity contribution is 0.0958. The average molecular weight is 396 g/mol. The summed E-state index contributed by atoms with van der Waals surface area (Å²) in [6, 6.07) is 0.428. The Hall–Kier alpha value is -1.57. The largest absolute Gasteiger partial charge is 0.465 e. The van der Waals surface area contributed by atoms with E-state index >= 15 is 0 Å². The van der Waals surface area contributed by atoms with Gasteiger partial charge in [0.05, 0.1) is 0 Å². The maximum absolute atomic E-state index is 11.2. The number of carboxylic acid groups (broad SMARTS) is 1. The van der Waals surface area contributed by atoms with Gasteiger partial charge in [0, 0.05) is 51.3 Å². The van der Waals surface area contributed by atoms with Crippen molar-refractivity contribution in [3.8, 4) is 0 Å². The van der Waals surface area contributed by atoms with Gasteiger partial charge in [-0.2, -0.15) is 9.36 Å². The van der Waals surface area contributed by atoms with E-state index in [0.29, 0.717) is 31.0 Å². The van der Waals surface area contributed by atoms with E-state index in [1.54, 1.807) is 4.90 Å². The van der Waals surface area contributed by atoms with Gasteiger partial charge in [-0.05, 0) is 42.9 Å². The average Bonchev–Trinajstić information content (AvgIpc) is 3.11. The van der Waals surface area contributed by atoms with Crippen LogP contribution in [0, 0.1) is 17.3 Å². The predicted octanol–water partition coefficient (Wildman–Crippen LogP) is 3.63. The Bertz CT molecular complexity index is 649. The highest BCUT2D eigenvalue weighted by Crippen LogP contribution is 2.42. The fourth-order valence-corrected chi connectivity index (χ4v) is 5.35. The number of hydrogen-bond donors (Lipinski definition) is 1. The van der Waals surface area contributed by atoms with E-state index in [9.17, 15) is 9.90 Å². The molecule has 2 unspecified atom stereocenters. The molecule has 2 fully saturated rings. The highest BCUT2D eigenvalue weighted by molar-refractivity contribution is 7.09. The standard InChI is InChI=1S/C19H33N5O2S/c1-19(2,3)15-12-14(13-6-9-23(10-7-13)18(25)26)8-11-24(15)17-20-16(21-27-17)22(4)5/h13-15H,6-12H2,1-5H3,(H,25,26). The molecule has 3 rings (SSSR count). The zero-order valence-electron chi connectivity index (χ0n) is 17.2. The number of hydrogen-bond acceptors (Lipinski definition) is 6. The number of likely N-dealkylation sites (tertiary alicyclic amines) is 1. The molecule has 1 aromatic heterocycles. The SMILES string of the molecule is CN(C)c1nsc(N2CCC(C3CCN(C(=O)O)CC3)CC2C(C)(C)C)n1. The molecule has 7 nitrogen and oxygen atoms in total. The first kappa shape index (κ1) is 20.2. The van der Waals surface area contributed by atoms with E-state index in [4.69, 9.17) is 4.98 Å². The molecule has 0 aliphatic carbocycles. The van der Waals surface area contributed by atoms with Gasteiger partial charge in [-0.15, -0.1) is 0 Å². The molecular weight excluding hydrogens is 362 g/mol. The first-order valence-corrected chi connectivity index (χ1v) is 10.7. The number of piperidine rings is 2. The highest BCUT2D eigenvalue weighted by atomic mass is 32.1. The third kappa shape index (κ3) is 4.47. The molecule has 8 heteroatoms. The van der Waals surface area contributed by atoms with E-state index in [0.717, 1.165) is 43.3 Å². The summed E-state index contributed by atoms with van der Waals surface area (Å²) < 4.78 is 4.49. The molecule has 2 saturated heterocycles. The Balaban J connectivity index is 1.71. The van der Waals surface area contributed by atoms with Gasteiger partial charge in [0.15, 0.2) is 0 Å². The first-order valence-electron chi connectivity index (χ1n) is 9.92. The minimum atomic E-state index is -0.774. The second kappa shape index (κ2) is 7.81. The summed E-state index contributed by atoms with van der Waals surface area (Å²) >= 11 is 1.50. The third-order valence-electron chi connectivity index (χ3n) is 6.17. The van der Waals surface area contributed by atoms with Crippen LogP contribution in [-0.4, -0.2) is 65.2 Å². The van der Waals surface area contributed by atoms with Crippen molar-refractivity contribution in [3.63, 3.8) is 0 Å². The summed E-state index contributed by atoms with van der Waals surface area (Å²) in [5.41, 5.74) is 0.157. The van der Waals surface area contributed by atoms with Crippen LogP contribution in [0.4, 0.5) is 15.9 Å². The van der Waals surface area contributed by atoms with Crippen LogP contribution < -0.4 is 9.80 Å². The van der Waals surface area contributed by atoms with E-state index < -0.39 is 6.09 Å². The lowest BCUT2D eigenvalue weighted by Crippen LogP contribution is -2.51. The van der Waals surface area contributed by atoms with Crippen LogP contribution in [0.1, 0.15) is 46.5 Å². The summed E-state index contributed by atoms with van der Waals surface area (Å²) in [5.74, 6) is 2.09. The number of rotatable bonds is 3. The van der Waals surface area contributed by atoms with Gasteiger partial charge >= 0.3 is 6.09 Å². The fourth-order valence-electron chi connectivity index (χ4n) is 4.54. The predicted molar refractivity (Wildman–Crippen MR) is 110 cm³/mol. The van der Waals surface area contributed by atoms with Gasteiger partial charge in [0.2, 0.25) is 11.1 Å². The number of anilines is 2. The minimum absolute atomic E-state index is 0.157. The van der Waals surface area contributed by atoms with Crippen molar-refractivity contribution in [3.05, 3.63) is 0 Å². The van der Waals surface area contributed by atoms with Crippen molar-refractivity contribution in [2.24, 2.45) is 17.3 Å². The molecule has 0 radical (unpaired) electrons. The van der Waals surface area contributed by atoms with Crippen LogP contribution in [0.15, 0.2) is 0 Å². The lowest BCUT2D eigenvalue weighted by atomic mass is 9.71. The normalized spacial score (nSPS) is 24.9. The van der Waals surface area contributed by atoms with Crippen LogP contribution in [0.5, 0.6) is 0 Å². The number of carbonyl (C=O) groups is 1. The molecule has 1 amide bonds. The van der Waals surface area contributed by atoms with Crippen molar-refractivity contribution < 1.29 is 9.90 Å². The van der Waals surface area contributed by atoms with Gasteiger partial charge in [-0.25, -0.2) is 4.79 Å². The first-order chi connectivity index (χ1) is 12.7. The summed E-state index contributed by atoms with van der Waals surface area (Å²) in [5, 5.41) is 10.2. The van der Waals surface area contributed by atoms with E-state index in [2.05, 4.69) is 30.0 Å². The van der Waals surface area contributed by atoms with E-state index in [-0.39, 0.29) is 5.41 Å². The van der Waals surface area contributed by atoms with Crippen molar-refractivity contribution in [2.45, 2.75) is 52.5 Å². The van der Waals surface area contributed by atoms with E-state index in [1.807, 2.05) is 19.0 Å². The summed E-state index contributed by atoms with van der Waals surface area (Å²) in [7, 11) is 3.95. The van der Waals surface area contributed by atoms with Crippen LogP contribution in [0.25, 0.3) is 0 Å². The molecule has 2 atom stereocenters. The number of amides is 1. The van der Waals surface area contributed by atoms with E-state index in [1.165, 1.54) is 11.5 Å². The molecule has 2 aliphatic heterocycles. The molecule has 0 spiro atoms. The third-order valence-corrected chi connectivity index (χ3v) is 6.91. The van der Waals surface area contributed by atoms with Crippen molar-refractivity contribution in [2.75, 3.05) is 43.5 Å². The van der Waals surface area contributed by atoms with Gasteiger partial charge in [0.1, 0.15) is 0 Å². The van der Waals surface area contributed by atoms with Crippen LogP contribution in [0.3, 0.4) is 0 Å². The Labute approximate surface area is 166 Å². The number of nitrogens with zero attached hydrogens (tertiary/aromatic N) is 5. The van der Waals surface area contributed by atoms with Crippen LogP contribution >= 0.6 is 11.5 Å². The van der Waals surface area contributed by atoms with Gasteiger partial charge in [-0.1, -0.05) is 20.8 Å². The quantitative estimate of drug-likeness (QED) is 0.843. The molecule has 1 aromatic rings. The summed E-state index contributed by atoms with van der Waals surface area (Å²) in [6.45, 7) is 9.32. The Morgan fingerprint density at radius 1 is 1.15 bits per heavy atom. The molecule has 2 aliphatic rings. The van der Waals surface area contributed by atoms with Crippen LogP contribution in [0.2, 0.25) is 0 Å². The fraction of sp³-hybridized carbons (Fsp3) is 0.842. The molecule has 0 aromatic carbocycles. The Kier molecular flexibility index (Phi) is 5.84. The highest BCUT2D eigenvalue weighted by Gasteiger charge is 2.40. The Morgan fingerprint density at radius 2 is 1.78 bits per heavy atom. The molecule has 0 bridgehead atoms. The van der Waals surface area contributed by atoms with Gasteiger partial charge < -0.3 is 19.8 Å². The molecule has 0 saturated carbocycles. The molecule has 27 heavy (non-hydrogen) atoms. The van der Waals surface area contributed by atoms with Crippen molar-refractivity contribution in [1.82, 2.24) is 14.3 Å².